The van der Waals surface area contributed by atoms with Crippen molar-refractivity contribution in [3.63, 3.8) is 0 Å². The van der Waals surface area contributed by atoms with Crippen LogP contribution in [-0.2, 0) is 6.54 Å². The van der Waals surface area contributed by atoms with Crippen LogP contribution in [-0.4, -0.2) is 6.54 Å². The van der Waals surface area contributed by atoms with Gasteiger partial charge in [-0.25, -0.2) is 0 Å². The second kappa shape index (κ2) is 7.89. The molecule has 15 heavy (non-hydrogen) atoms. The number of hydrogen-bond donors (Lipinski definition) is 0. The SMILES string of the molecule is CCCCCC[N+](Br)Cc1ccccc1. The molecule has 0 fully saturated rings. The first-order valence-electron chi connectivity index (χ1n) is 5.77. The third-order valence-corrected chi connectivity index (χ3v) is 3.06. The van der Waals surface area contributed by atoms with E-state index >= 15 is 0 Å². The van der Waals surface area contributed by atoms with Gasteiger partial charge in [0.15, 0.2) is 6.54 Å². The number of unbranched alkanes of at least 4 members (excludes halogenated alkanes) is 3. The third-order valence-electron chi connectivity index (χ3n) is 2.45. The van der Waals surface area contributed by atoms with Crippen molar-refractivity contribution >= 4 is 16.1 Å². The van der Waals surface area contributed by atoms with Gasteiger partial charge < -0.3 is 0 Å². The summed E-state index contributed by atoms with van der Waals surface area (Å²) < 4.78 is 2.22. The molecule has 1 aromatic carbocycles. The number of nitrogens with zero attached hydrogens (tertiary/aromatic N) is 1. The lowest BCUT2D eigenvalue weighted by Gasteiger charge is -2.03. The minimum Gasteiger partial charge on any atom is -0.0923 e. The van der Waals surface area contributed by atoms with E-state index in [0.717, 1.165) is 13.1 Å². The Morgan fingerprint density at radius 3 is 2.47 bits per heavy atom. The summed E-state index contributed by atoms with van der Waals surface area (Å²) >= 11 is 3.60. The van der Waals surface area contributed by atoms with Crippen molar-refractivity contribution in [2.24, 2.45) is 0 Å². The van der Waals surface area contributed by atoms with E-state index in [2.05, 4.69) is 57.3 Å². The molecule has 0 atom stereocenters. The summed E-state index contributed by atoms with van der Waals surface area (Å²) in [6.45, 7) is 4.37. The first kappa shape index (κ1) is 12.7. The van der Waals surface area contributed by atoms with Crippen LogP contribution >= 0.6 is 16.1 Å². The van der Waals surface area contributed by atoms with Crippen LogP contribution in [0.25, 0.3) is 0 Å². The molecule has 0 spiro atoms. The van der Waals surface area contributed by atoms with Gasteiger partial charge in [0.1, 0.15) is 6.54 Å². The van der Waals surface area contributed by atoms with E-state index in [1.165, 1.54) is 31.2 Å². The molecular formula is C13H20BrN+. The fourth-order valence-corrected chi connectivity index (χ4v) is 2.11. The Hall–Kier alpha value is -0.340. The Labute approximate surface area is 102 Å². The number of benzene rings is 1. The summed E-state index contributed by atoms with van der Waals surface area (Å²) in [5.41, 5.74) is 1.37. The summed E-state index contributed by atoms with van der Waals surface area (Å²) in [4.78, 5) is 0. The Kier molecular flexibility index (Phi) is 6.69. The average Bonchev–Trinajstić information content (AvgIpc) is 2.26. The minimum atomic E-state index is 0.993. The van der Waals surface area contributed by atoms with Gasteiger partial charge in [-0.2, -0.15) is 0 Å². The van der Waals surface area contributed by atoms with E-state index in [1.807, 2.05) is 0 Å². The molecule has 0 saturated carbocycles. The highest BCUT2D eigenvalue weighted by molar-refractivity contribution is 9.08. The van der Waals surface area contributed by atoms with Crippen LogP contribution in [0.1, 0.15) is 38.2 Å². The van der Waals surface area contributed by atoms with Crippen LogP contribution in [0, 0.1) is 0 Å². The molecule has 1 rings (SSSR count). The van der Waals surface area contributed by atoms with Crippen LogP contribution in [0.3, 0.4) is 0 Å². The van der Waals surface area contributed by atoms with Gasteiger partial charge in [0.05, 0.1) is 0 Å². The van der Waals surface area contributed by atoms with Crippen molar-refractivity contribution in [2.75, 3.05) is 6.54 Å². The number of halogens is 1. The zero-order chi connectivity index (χ0) is 10.9. The lowest BCUT2D eigenvalue weighted by atomic mass is 10.2. The van der Waals surface area contributed by atoms with E-state index in [4.69, 9.17) is 0 Å². The maximum absolute atomic E-state index is 3.60. The lowest BCUT2D eigenvalue weighted by Crippen LogP contribution is -2.18. The molecule has 1 radical (unpaired) electrons. The molecule has 0 aromatic heterocycles. The Morgan fingerprint density at radius 2 is 1.80 bits per heavy atom. The van der Waals surface area contributed by atoms with Crippen molar-refractivity contribution in [3.8, 4) is 0 Å². The fourth-order valence-electron chi connectivity index (χ4n) is 1.57. The van der Waals surface area contributed by atoms with Crippen LogP contribution in [0.4, 0.5) is 0 Å². The normalized spacial score (nSPS) is 10.9. The maximum atomic E-state index is 3.60. The Bertz CT molecular complexity index is 248. The lowest BCUT2D eigenvalue weighted by molar-refractivity contribution is 0.560. The zero-order valence-corrected chi connectivity index (χ0v) is 11.0. The Morgan fingerprint density at radius 1 is 1.07 bits per heavy atom. The average molecular weight is 270 g/mol. The molecule has 0 bridgehead atoms. The summed E-state index contributed by atoms with van der Waals surface area (Å²) in [6.07, 6.45) is 5.28. The molecule has 83 valence electrons. The van der Waals surface area contributed by atoms with Gasteiger partial charge in [0.2, 0.25) is 0 Å². The van der Waals surface area contributed by atoms with E-state index in [-0.39, 0.29) is 0 Å². The van der Waals surface area contributed by atoms with Gasteiger partial charge in [-0.1, -0.05) is 54.0 Å². The van der Waals surface area contributed by atoms with Gasteiger partial charge in [-0.3, -0.25) is 0 Å². The smallest absolute Gasteiger partial charge is 0.0923 e. The first-order valence-corrected chi connectivity index (χ1v) is 6.48. The molecule has 0 aliphatic rings. The first-order chi connectivity index (χ1) is 7.33. The summed E-state index contributed by atoms with van der Waals surface area (Å²) in [6, 6.07) is 10.6. The fraction of sp³-hybridized carbons (Fsp3) is 0.538. The number of hydrogen-bond acceptors (Lipinski definition) is 1. The molecule has 0 heterocycles. The molecule has 0 amide bonds. The van der Waals surface area contributed by atoms with E-state index in [0.29, 0.717) is 0 Å². The third kappa shape index (κ3) is 5.95. The van der Waals surface area contributed by atoms with E-state index in [1.54, 1.807) is 0 Å². The Balaban J connectivity index is 2.16. The van der Waals surface area contributed by atoms with Gasteiger partial charge in [-0.15, -0.1) is 0 Å². The summed E-state index contributed by atoms with van der Waals surface area (Å²) in [5, 5.41) is 0. The summed E-state index contributed by atoms with van der Waals surface area (Å²) in [5.74, 6) is 0. The molecule has 2 heteroatoms. The summed E-state index contributed by atoms with van der Waals surface area (Å²) in [7, 11) is 0. The molecule has 1 nitrogen and oxygen atoms in total. The van der Waals surface area contributed by atoms with Gasteiger partial charge >= 0.3 is 0 Å². The molecular weight excluding hydrogens is 250 g/mol. The molecule has 0 aliphatic heterocycles. The van der Waals surface area contributed by atoms with Gasteiger partial charge in [0, 0.05) is 12.0 Å². The minimum absolute atomic E-state index is 0.993. The highest BCUT2D eigenvalue weighted by Gasteiger charge is 2.11. The van der Waals surface area contributed by atoms with Crippen molar-refractivity contribution in [1.82, 2.24) is 3.93 Å². The highest BCUT2D eigenvalue weighted by atomic mass is 79.9. The standard InChI is InChI=1S/C13H20BrN/c1-2-3-4-8-11-15(14)12-13-9-6-5-7-10-13/h5-7,9-10H,2-4,8,11-12H2,1H3/q+1. The second-order valence-corrected chi connectivity index (χ2v) is 4.89. The van der Waals surface area contributed by atoms with Crippen molar-refractivity contribution in [3.05, 3.63) is 35.9 Å². The van der Waals surface area contributed by atoms with Crippen molar-refractivity contribution in [1.29, 1.82) is 0 Å². The van der Waals surface area contributed by atoms with Gasteiger partial charge in [0.25, 0.3) is 16.1 Å². The largest absolute Gasteiger partial charge is 0.287 e. The predicted molar refractivity (Wildman–Crippen MR) is 70.2 cm³/mol. The van der Waals surface area contributed by atoms with Crippen LogP contribution < -0.4 is 3.93 Å². The maximum Gasteiger partial charge on any atom is 0.287 e. The molecule has 0 N–H and O–H groups in total. The quantitative estimate of drug-likeness (QED) is 0.517. The molecule has 1 aromatic rings. The number of rotatable bonds is 7. The highest BCUT2D eigenvalue weighted by Crippen LogP contribution is 2.08. The second-order valence-electron chi connectivity index (χ2n) is 3.89. The molecule has 0 saturated heterocycles. The molecule has 0 unspecified atom stereocenters. The topological polar surface area (TPSA) is 5.90 Å². The predicted octanol–water partition coefficient (Wildman–Crippen LogP) is 4.22. The van der Waals surface area contributed by atoms with Gasteiger partial charge in [-0.05, 0) is 6.42 Å². The monoisotopic (exact) mass is 269 g/mol. The van der Waals surface area contributed by atoms with Crippen molar-refractivity contribution in [2.45, 2.75) is 39.2 Å². The van der Waals surface area contributed by atoms with E-state index in [9.17, 15) is 0 Å². The van der Waals surface area contributed by atoms with Crippen LogP contribution in [0.5, 0.6) is 0 Å². The van der Waals surface area contributed by atoms with E-state index < -0.39 is 0 Å². The van der Waals surface area contributed by atoms with Crippen LogP contribution in [0.15, 0.2) is 30.3 Å². The zero-order valence-electron chi connectivity index (χ0n) is 9.45. The van der Waals surface area contributed by atoms with Crippen LogP contribution in [0.2, 0.25) is 0 Å². The van der Waals surface area contributed by atoms with Crippen molar-refractivity contribution < 1.29 is 0 Å². The molecule has 0 aliphatic carbocycles.